The van der Waals surface area contributed by atoms with E-state index in [2.05, 4.69) is 5.32 Å². The molecular weight excluding hydrogens is 448 g/mol. The molecule has 2 fully saturated rings. The number of urea groups is 1. The molecule has 2 amide bonds. The highest BCUT2D eigenvalue weighted by atomic mass is 32.2. The van der Waals surface area contributed by atoms with Crippen LogP contribution >= 0.6 is 0 Å². The number of hydrogen-bond acceptors (Lipinski definition) is 6. The van der Waals surface area contributed by atoms with Gasteiger partial charge in [-0.3, -0.25) is 10.1 Å². The van der Waals surface area contributed by atoms with E-state index >= 15 is 0 Å². The lowest BCUT2D eigenvalue weighted by Gasteiger charge is -2.35. The Morgan fingerprint density at radius 2 is 1.79 bits per heavy atom. The number of benzene rings is 2. The van der Waals surface area contributed by atoms with Crippen molar-refractivity contribution in [1.82, 2.24) is 14.5 Å². The molecule has 176 valence electrons. The van der Waals surface area contributed by atoms with E-state index in [1.54, 1.807) is 4.90 Å². The normalized spacial score (nSPS) is 17.9. The van der Waals surface area contributed by atoms with Crippen molar-refractivity contribution >= 4 is 21.7 Å². The van der Waals surface area contributed by atoms with Crippen LogP contribution in [-0.2, 0) is 10.0 Å². The van der Waals surface area contributed by atoms with E-state index in [4.69, 9.17) is 4.74 Å². The van der Waals surface area contributed by atoms with Gasteiger partial charge in [-0.05, 0) is 36.5 Å². The third-order valence-electron chi connectivity index (χ3n) is 6.04. The zero-order valence-electron chi connectivity index (χ0n) is 18.2. The molecule has 1 aliphatic carbocycles. The first kappa shape index (κ1) is 23.0. The summed E-state index contributed by atoms with van der Waals surface area (Å²) in [7, 11) is -2.66. The lowest BCUT2D eigenvalue weighted by atomic mass is 10.0. The van der Waals surface area contributed by atoms with Gasteiger partial charge in [0.25, 0.3) is 0 Å². The molecule has 1 N–H and O–H groups in total. The molecule has 0 aromatic heterocycles. The van der Waals surface area contributed by atoms with Gasteiger partial charge in [0.2, 0.25) is 10.0 Å². The van der Waals surface area contributed by atoms with Crippen molar-refractivity contribution in [3.63, 3.8) is 0 Å². The number of piperazine rings is 1. The molecule has 1 saturated carbocycles. The fourth-order valence-corrected chi connectivity index (χ4v) is 5.48. The zero-order valence-corrected chi connectivity index (χ0v) is 19.0. The van der Waals surface area contributed by atoms with E-state index in [9.17, 15) is 23.3 Å². The van der Waals surface area contributed by atoms with E-state index in [0.717, 1.165) is 24.5 Å². The number of rotatable bonds is 7. The maximum atomic E-state index is 13.0. The lowest BCUT2D eigenvalue weighted by Crippen LogP contribution is -2.53. The molecule has 0 radical (unpaired) electrons. The number of carbonyl (C=O) groups excluding carboxylic acids is 1. The van der Waals surface area contributed by atoms with Crippen molar-refractivity contribution in [2.24, 2.45) is 5.92 Å². The average Bonchev–Trinajstić information content (AvgIpc) is 3.68. The summed E-state index contributed by atoms with van der Waals surface area (Å²) in [6.45, 7) is 0.676. The summed E-state index contributed by atoms with van der Waals surface area (Å²) in [5.41, 5.74) is 0.652. The molecular formula is C22H26N4O6S. The predicted octanol–water partition coefficient (Wildman–Crippen LogP) is 2.77. The van der Waals surface area contributed by atoms with Crippen LogP contribution in [0.5, 0.6) is 5.75 Å². The minimum Gasteiger partial charge on any atom is -0.490 e. The van der Waals surface area contributed by atoms with Crippen LogP contribution in [0.2, 0.25) is 0 Å². The van der Waals surface area contributed by atoms with Crippen LogP contribution in [0.15, 0.2) is 53.4 Å². The third kappa shape index (κ3) is 4.93. The Labute approximate surface area is 192 Å². The number of carbonyl (C=O) groups is 1. The van der Waals surface area contributed by atoms with Crippen molar-refractivity contribution in [2.75, 3.05) is 33.3 Å². The van der Waals surface area contributed by atoms with E-state index in [1.165, 1.54) is 23.5 Å². The second-order valence-electron chi connectivity index (χ2n) is 8.16. The first-order valence-corrected chi connectivity index (χ1v) is 12.2. The van der Waals surface area contributed by atoms with Gasteiger partial charge in [0.1, 0.15) is 0 Å². The molecule has 4 rings (SSSR count). The monoisotopic (exact) mass is 474 g/mol. The smallest absolute Gasteiger partial charge is 0.317 e. The number of ether oxygens (including phenoxy) is 1. The largest absolute Gasteiger partial charge is 0.490 e. The van der Waals surface area contributed by atoms with Crippen molar-refractivity contribution in [1.29, 1.82) is 0 Å². The number of nitro benzene ring substituents is 1. The van der Waals surface area contributed by atoms with Crippen molar-refractivity contribution in [3.8, 4) is 5.75 Å². The molecule has 1 aliphatic heterocycles. The van der Waals surface area contributed by atoms with E-state index in [1.807, 2.05) is 30.3 Å². The van der Waals surface area contributed by atoms with Crippen molar-refractivity contribution in [3.05, 3.63) is 64.2 Å². The van der Waals surface area contributed by atoms with Gasteiger partial charge in [-0.1, -0.05) is 30.3 Å². The van der Waals surface area contributed by atoms with Crippen LogP contribution in [0.4, 0.5) is 10.5 Å². The number of hydrogen-bond donors (Lipinski definition) is 1. The zero-order chi connectivity index (χ0) is 23.6. The molecule has 10 nitrogen and oxygen atoms in total. The Kier molecular flexibility index (Phi) is 6.52. The first-order chi connectivity index (χ1) is 15.8. The Balaban J connectivity index is 1.41. The minimum absolute atomic E-state index is 0.0101. The summed E-state index contributed by atoms with van der Waals surface area (Å²) in [5.74, 6) is 0.410. The average molecular weight is 475 g/mol. The summed E-state index contributed by atoms with van der Waals surface area (Å²) in [6, 6.07) is 13.1. The van der Waals surface area contributed by atoms with Crippen LogP contribution in [0.3, 0.4) is 0 Å². The van der Waals surface area contributed by atoms with Gasteiger partial charge in [0.15, 0.2) is 5.75 Å². The minimum atomic E-state index is -3.95. The standard InChI is InChI=1S/C22H26N4O6S/c1-32-20-10-9-18(15-19(20)26(28)29)33(30,31)25-13-11-24(12-14-25)22(27)23-21(17-7-8-17)16-5-3-2-4-6-16/h2-6,9-10,15,17,21H,7-8,11-14H2,1H3,(H,23,27)/t21-/m1/s1. The number of methoxy groups -OCH3 is 1. The molecule has 2 aliphatic rings. The molecule has 1 heterocycles. The van der Waals surface area contributed by atoms with Crippen LogP contribution in [-0.4, -0.2) is 61.9 Å². The van der Waals surface area contributed by atoms with Gasteiger partial charge in [-0.15, -0.1) is 0 Å². The van der Waals surface area contributed by atoms with Gasteiger partial charge in [0, 0.05) is 32.2 Å². The molecule has 2 aromatic carbocycles. The van der Waals surface area contributed by atoms with E-state index in [0.29, 0.717) is 5.92 Å². The fraction of sp³-hybridized carbons (Fsp3) is 0.409. The van der Waals surface area contributed by atoms with Crippen LogP contribution in [0, 0.1) is 16.0 Å². The highest BCUT2D eigenvalue weighted by Gasteiger charge is 2.36. The van der Waals surface area contributed by atoms with Crippen molar-refractivity contribution < 1.29 is 22.9 Å². The third-order valence-corrected chi connectivity index (χ3v) is 7.94. The Morgan fingerprint density at radius 3 is 2.36 bits per heavy atom. The highest BCUT2D eigenvalue weighted by molar-refractivity contribution is 7.89. The topological polar surface area (TPSA) is 122 Å². The Hall–Kier alpha value is -3.18. The lowest BCUT2D eigenvalue weighted by molar-refractivity contribution is -0.386. The number of nitrogens with zero attached hydrogens (tertiary/aromatic N) is 3. The Morgan fingerprint density at radius 1 is 1.12 bits per heavy atom. The maximum absolute atomic E-state index is 13.0. The molecule has 1 saturated heterocycles. The fourth-order valence-electron chi connectivity index (χ4n) is 4.04. The summed E-state index contributed by atoms with van der Waals surface area (Å²) < 4.78 is 32.3. The van der Waals surface area contributed by atoms with Gasteiger partial charge in [0.05, 0.1) is 23.0 Å². The Bertz CT molecular complexity index is 1130. The molecule has 0 unspecified atom stereocenters. The van der Waals surface area contributed by atoms with Crippen LogP contribution in [0.1, 0.15) is 24.4 Å². The molecule has 2 aromatic rings. The number of nitrogens with one attached hydrogen (secondary N) is 1. The molecule has 33 heavy (non-hydrogen) atoms. The highest BCUT2D eigenvalue weighted by Crippen LogP contribution is 2.41. The van der Waals surface area contributed by atoms with Crippen LogP contribution < -0.4 is 10.1 Å². The second kappa shape index (κ2) is 9.36. The first-order valence-electron chi connectivity index (χ1n) is 10.7. The van der Waals surface area contributed by atoms with Gasteiger partial charge in [-0.2, -0.15) is 4.31 Å². The van der Waals surface area contributed by atoms with Gasteiger partial charge < -0.3 is 15.0 Å². The maximum Gasteiger partial charge on any atom is 0.317 e. The van der Waals surface area contributed by atoms with E-state index < -0.39 is 20.6 Å². The summed E-state index contributed by atoms with van der Waals surface area (Å²) >= 11 is 0. The quantitative estimate of drug-likeness (QED) is 0.486. The van der Waals surface area contributed by atoms with Gasteiger partial charge in [-0.25, -0.2) is 13.2 Å². The second-order valence-corrected chi connectivity index (χ2v) is 10.1. The molecule has 1 atom stereocenters. The summed E-state index contributed by atoms with van der Waals surface area (Å²) in [4.78, 5) is 24.9. The van der Waals surface area contributed by atoms with Gasteiger partial charge >= 0.3 is 11.7 Å². The molecule has 0 bridgehead atoms. The SMILES string of the molecule is COc1ccc(S(=O)(=O)N2CCN(C(=O)N[C@H](c3ccccc3)C3CC3)CC2)cc1[N+](=O)[O-]. The number of sulfonamides is 1. The molecule has 0 spiro atoms. The number of nitro groups is 1. The van der Waals surface area contributed by atoms with Crippen LogP contribution in [0.25, 0.3) is 0 Å². The summed E-state index contributed by atoms with van der Waals surface area (Å²) in [6.07, 6.45) is 2.14. The molecule has 11 heteroatoms. The predicted molar refractivity (Wildman–Crippen MR) is 120 cm³/mol. The van der Waals surface area contributed by atoms with Crippen molar-refractivity contribution in [2.45, 2.75) is 23.8 Å². The number of amides is 2. The summed E-state index contributed by atoms with van der Waals surface area (Å²) in [5, 5.41) is 14.4. The van der Waals surface area contributed by atoms with E-state index in [-0.39, 0.29) is 48.9 Å².